The van der Waals surface area contributed by atoms with Crippen LogP contribution in [0.3, 0.4) is 0 Å². The van der Waals surface area contributed by atoms with Gasteiger partial charge in [-0.25, -0.2) is 4.79 Å². The predicted molar refractivity (Wildman–Crippen MR) is 100.0 cm³/mol. The van der Waals surface area contributed by atoms with Gasteiger partial charge in [-0.05, 0) is 19.4 Å². The number of nitro groups is 1. The van der Waals surface area contributed by atoms with Crippen LogP contribution in [0.25, 0.3) is 0 Å². The molecular formula is C18H26N4O5. The largest absolute Gasteiger partial charge is 0.381 e. The molecule has 0 aromatic heterocycles. The van der Waals surface area contributed by atoms with E-state index in [0.29, 0.717) is 43.5 Å². The van der Waals surface area contributed by atoms with Crippen molar-refractivity contribution in [2.75, 3.05) is 51.4 Å². The molecule has 3 rings (SSSR count). The van der Waals surface area contributed by atoms with Crippen molar-refractivity contribution in [2.45, 2.75) is 19.4 Å². The topological polar surface area (TPSA) is 106 Å². The average molecular weight is 378 g/mol. The monoisotopic (exact) mass is 378 g/mol. The van der Waals surface area contributed by atoms with Crippen LogP contribution in [0, 0.1) is 23.0 Å². The Balaban J connectivity index is 1.60. The van der Waals surface area contributed by atoms with Gasteiger partial charge in [-0.15, -0.1) is 0 Å². The fraction of sp³-hybridized carbons (Fsp3) is 0.611. The van der Waals surface area contributed by atoms with Crippen molar-refractivity contribution in [3.63, 3.8) is 0 Å². The SMILES string of the molecule is Cc1c(NC(=O)NCC(C2CCOC2)N2CCOCC2)cccc1[N+](=O)[O-]. The molecule has 2 fully saturated rings. The molecule has 2 aliphatic heterocycles. The number of morpholine rings is 1. The smallest absolute Gasteiger partial charge is 0.319 e. The maximum Gasteiger partial charge on any atom is 0.319 e. The van der Waals surface area contributed by atoms with Crippen LogP contribution in [0.2, 0.25) is 0 Å². The average Bonchev–Trinajstić information content (AvgIpc) is 3.19. The standard InChI is InChI=1S/C18H26N4O5/c1-13-15(3-2-4-16(13)22(24)25)20-18(23)19-11-17(14-5-8-27-12-14)21-6-9-26-10-7-21/h2-4,14,17H,5-12H2,1H3,(H2,19,20,23). The number of ether oxygens (including phenoxy) is 2. The molecule has 148 valence electrons. The molecule has 2 heterocycles. The highest BCUT2D eigenvalue weighted by Crippen LogP contribution is 2.25. The molecule has 1 aromatic carbocycles. The molecule has 27 heavy (non-hydrogen) atoms. The van der Waals surface area contributed by atoms with Crippen molar-refractivity contribution >= 4 is 17.4 Å². The fourth-order valence-corrected chi connectivity index (χ4v) is 3.68. The Bertz CT molecular complexity index is 672. The van der Waals surface area contributed by atoms with Crippen LogP contribution in [-0.2, 0) is 9.47 Å². The molecule has 0 spiro atoms. The summed E-state index contributed by atoms with van der Waals surface area (Å²) in [5.41, 5.74) is 0.863. The number of hydrogen-bond donors (Lipinski definition) is 2. The van der Waals surface area contributed by atoms with Gasteiger partial charge in [0.2, 0.25) is 0 Å². The normalized spacial score (nSPS) is 21.6. The van der Waals surface area contributed by atoms with E-state index in [0.717, 1.165) is 26.1 Å². The number of urea groups is 1. The summed E-state index contributed by atoms with van der Waals surface area (Å²) in [7, 11) is 0. The number of anilines is 1. The van der Waals surface area contributed by atoms with Crippen LogP contribution < -0.4 is 10.6 Å². The highest BCUT2D eigenvalue weighted by Gasteiger charge is 2.31. The van der Waals surface area contributed by atoms with Gasteiger partial charge in [-0.3, -0.25) is 15.0 Å². The highest BCUT2D eigenvalue weighted by atomic mass is 16.6. The second kappa shape index (κ2) is 9.12. The first-order valence-electron chi connectivity index (χ1n) is 9.24. The van der Waals surface area contributed by atoms with E-state index in [-0.39, 0.29) is 17.8 Å². The van der Waals surface area contributed by atoms with Crippen LogP contribution in [0.1, 0.15) is 12.0 Å². The second-order valence-electron chi connectivity index (χ2n) is 6.88. The number of benzene rings is 1. The molecule has 2 atom stereocenters. The van der Waals surface area contributed by atoms with Crippen LogP contribution in [-0.4, -0.2) is 68.0 Å². The van der Waals surface area contributed by atoms with Gasteiger partial charge in [-0.1, -0.05) is 6.07 Å². The molecule has 0 bridgehead atoms. The van der Waals surface area contributed by atoms with Gasteiger partial charge in [0.25, 0.3) is 5.69 Å². The third-order valence-corrected chi connectivity index (χ3v) is 5.25. The van der Waals surface area contributed by atoms with Crippen molar-refractivity contribution < 1.29 is 19.2 Å². The summed E-state index contributed by atoms with van der Waals surface area (Å²) >= 11 is 0. The number of hydrogen-bond acceptors (Lipinski definition) is 6. The van der Waals surface area contributed by atoms with Crippen molar-refractivity contribution in [3.05, 3.63) is 33.9 Å². The van der Waals surface area contributed by atoms with E-state index in [1.54, 1.807) is 19.1 Å². The van der Waals surface area contributed by atoms with E-state index in [2.05, 4.69) is 15.5 Å². The first kappa shape index (κ1) is 19.5. The third-order valence-electron chi connectivity index (χ3n) is 5.25. The molecular weight excluding hydrogens is 352 g/mol. The summed E-state index contributed by atoms with van der Waals surface area (Å²) in [6.45, 7) is 6.66. The second-order valence-corrected chi connectivity index (χ2v) is 6.88. The fourth-order valence-electron chi connectivity index (χ4n) is 3.68. The van der Waals surface area contributed by atoms with Crippen LogP contribution in [0.5, 0.6) is 0 Å². The minimum atomic E-state index is -0.451. The van der Waals surface area contributed by atoms with Gasteiger partial charge in [0.05, 0.1) is 36.0 Å². The van der Waals surface area contributed by atoms with Crippen LogP contribution >= 0.6 is 0 Å². The highest BCUT2D eigenvalue weighted by molar-refractivity contribution is 5.90. The zero-order chi connectivity index (χ0) is 19.2. The Labute approximate surface area is 158 Å². The lowest BCUT2D eigenvalue weighted by atomic mass is 9.97. The molecule has 9 nitrogen and oxygen atoms in total. The third kappa shape index (κ3) is 4.94. The molecule has 0 radical (unpaired) electrons. The van der Waals surface area contributed by atoms with Crippen molar-refractivity contribution in [1.82, 2.24) is 10.2 Å². The summed E-state index contributed by atoms with van der Waals surface area (Å²) < 4.78 is 11.0. The zero-order valence-corrected chi connectivity index (χ0v) is 15.5. The summed E-state index contributed by atoms with van der Waals surface area (Å²) in [6.07, 6.45) is 0.981. The number of amides is 2. The molecule has 2 N–H and O–H groups in total. The first-order valence-corrected chi connectivity index (χ1v) is 9.24. The quantitative estimate of drug-likeness (QED) is 0.577. The van der Waals surface area contributed by atoms with Gasteiger partial charge in [0.1, 0.15) is 0 Å². The van der Waals surface area contributed by atoms with Crippen molar-refractivity contribution in [2.24, 2.45) is 5.92 Å². The van der Waals surface area contributed by atoms with E-state index < -0.39 is 4.92 Å². The molecule has 2 unspecified atom stereocenters. The molecule has 2 saturated heterocycles. The number of carbonyl (C=O) groups is 1. The number of nitrogens with one attached hydrogen (secondary N) is 2. The lowest BCUT2D eigenvalue weighted by Crippen LogP contribution is -2.52. The Hall–Kier alpha value is -2.23. The molecule has 1 aromatic rings. The lowest BCUT2D eigenvalue weighted by molar-refractivity contribution is -0.385. The van der Waals surface area contributed by atoms with Gasteiger partial charge in [0, 0.05) is 44.3 Å². The van der Waals surface area contributed by atoms with Crippen molar-refractivity contribution in [1.29, 1.82) is 0 Å². The van der Waals surface area contributed by atoms with E-state index in [1.165, 1.54) is 6.07 Å². The first-order chi connectivity index (χ1) is 13.1. The summed E-state index contributed by atoms with van der Waals surface area (Å²) in [5.74, 6) is 0.378. The number of nitro benzene ring substituents is 1. The summed E-state index contributed by atoms with van der Waals surface area (Å²) in [6, 6.07) is 4.47. The molecule has 2 amide bonds. The maximum atomic E-state index is 12.4. The maximum absolute atomic E-state index is 12.4. The van der Waals surface area contributed by atoms with Gasteiger partial charge >= 0.3 is 6.03 Å². The zero-order valence-electron chi connectivity index (χ0n) is 15.5. The lowest BCUT2D eigenvalue weighted by Gasteiger charge is -2.37. The minimum Gasteiger partial charge on any atom is -0.381 e. The van der Waals surface area contributed by atoms with E-state index >= 15 is 0 Å². The molecule has 0 aliphatic carbocycles. The number of nitrogens with zero attached hydrogens (tertiary/aromatic N) is 2. The van der Waals surface area contributed by atoms with E-state index in [9.17, 15) is 14.9 Å². The van der Waals surface area contributed by atoms with E-state index in [4.69, 9.17) is 9.47 Å². The van der Waals surface area contributed by atoms with Crippen LogP contribution in [0.15, 0.2) is 18.2 Å². The van der Waals surface area contributed by atoms with Crippen molar-refractivity contribution in [3.8, 4) is 0 Å². The van der Waals surface area contributed by atoms with Gasteiger partial charge in [0.15, 0.2) is 0 Å². The minimum absolute atomic E-state index is 0.0119. The van der Waals surface area contributed by atoms with Gasteiger partial charge in [-0.2, -0.15) is 0 Å². The number of rotatable bonds is 6. The molecule has 0 saturated carbocycles. The Morgan fingerprint density at radius 3 is 2.78 bits per heavy atom. The number of carbonyl (C=O) groups excluding carboxylic acids is 1. The van der Waals surface area contributed by atoms with Gasteiger partial charge < -0.3 is 20.1 Å². The Kier molecular flexibility index (Phi) is 6.59. The summed E-state index contributed by atoms with van der Waals surface area (Å²) in [5, 5.41) is 16.7. The Morgan fingerprint density at radius 2 is 2.11 bits per heavy atom. The van der Waals surface area contributed by atoms with E-state index in [1.807, 2.05) is 0 Å². The predicted octanol–water partition coefficient (Wildman–Crippen LogP) is 1.76. The molecule has 2 aliphatic rings. The summed E-state index contributed by atoms with van der Waals surface area (Å²) in [4.78, 5) is 25.3. The van der Waals surface area contributed by atoms with Crippen LogP contribution in [0.4, 0.5) is 16.2 Å². The molecule has 9 heteroatoms. The Morgan fingerprint density at radius 1 is 1.33 bits per heavy atom.